The van der Waals surface area contributed by atoms with Gasteiger partial charge in [0.15, 0.2) is 0 Å². The molecule has 0 aromatic heterocycles. The number of fused-ring (bicyclic) bond motifs is 4. The minimum atomic E-state index is -2.73. The zero-order valence-electron chi connectivity index (χ0n) is 33.2. The Balaban J connectivity index is 0.00000232. The van der Waals surface area contributed by atoms with Crippen molar-refractivity contribution in [2.45, 2.75) is 129 Å². The van der Waals surface area contributed by atoms with Crippen LogP contribution in [0.15, 0.2) is 96.1 Å². The van der Waals surface area contributed by atoms with Gasteiger partial charge >= 0.3 is 314 Å². The summed E-state index contributed by atoms with van der Waals surface area (Å²) in [7, 11) is 0. The van der Waals surface area contributed by atoms with Gasteiger partial charge in [-0.2, -0.15) is 0 Å². The molecule has 0 aliphatic heterocycles. The van der Waals surface area contributed by atoms with Gasteiger partial charge in [0.2, 0.25) is 0 Å². The van der Waals surface area contributed by atoms with Gasteiger partial charge in [-0.25, -0.2) is 0 Å². The average molecular weight is 824 g/mol. The molecule has 4 heteroatoms. The molecule has 4 aliphatic carbocycles. The number of hydrogen-bond donors (Lipinski definition) is 0. The molecule has 0 nitrogen and oxygen atoms in total. The van der Waals surface area contributed by atoms with Crippen LogP contribution in [0.5, 0.6) is 0 Å². The van der Waals surface area contributed by atoms with E-state index in [2.05, 4.69) is 154 Å². The van der Waals surface area contributed by atoms with Crippen molar-refractivity contribution in [3.8, 4) is 0 Å². The topological polar surface area (TPSA) is 0 Å². The molecule has 8 rings (SSSR count). The van der Waals surface area contributed by atoms with E-state index < -0.39 is 26.8 Å². The molecule has 0 bridgehead atoms. The van der Waals surface area contributed by atoms with E-state index in [-0.39, 0.29) is 46.5 Å². The predicted molar refractivity (Wildman–Crippen MR) is 215 cm³/mol. The average Bonchev–Trinajstić information content (AvgIpc) is 3.58. The first-order valence-corrected chi connectivity index (χ1v) is 27.8. The molecule has 0 saturated carbocycles. The fourth-order valence-electron chi connectivity index (χ4n) is 10.3. The predicted octanol–water partition coefficient (Wildman–Crippen LogP) is 4.82. The molecule has 0 N–H and O–H groups in total. The summed E-state index contributed by atoms with van der Waals surface area (Å²) in [6.45, 7) is 25.1. The number of hydrogen-bond acceptors (Lipinski definition) is 0. The van der Waals surface area contributed by atoms with E-state index in [1.165, 1.54) is 25.7 Å². The Morgan fingerprint density at radius 2 is 0.769 bits per heavy atom. The minimum absolute atomic E-state index is 0. The summed E-state index contributed by atoms with van der Waals surface area (Å²) >= 11 is -2.73. The molecule has 0 fully saturated rings. The third-order valence-electron chi connectivity index (χ3n) is 13.5. The molecular formula is C48H57Cl2SiZr. The standard InChI is InChI=1S/2C18H23.C12H11Si.2ClH.Zr/c2*1-12-8-13-10-15-16(11-14(13)9-12)18(4,5)7-6-17(15,2)3;1-3-7-11(8-4-1)13-12-9-5-2-6-10-12;;;/h2*10-11H,6-8H2,1-5H3;1-10,13H;2*1H;/q;;;;;+2/p-2. The van der Waals surface area contributed by atoms with Gasteiger partial charge in [0.1, 0.15) is 0 Å². The van der Waals surface area contributed by atoms with Gasteiger partial charge in [-0.05, 0) is 0 Å². The summed E-state index contributed by atoms with van der Waals surface area (Å²) in [5.74, 6) is -1.66. The molecule has 4 aromatic rings. The van der Waals surface area contributed by atoms with Crippen LogP contribution in [0.2, 0.25) is 0 Å². The fourth-order valence-corrected chi connectivity index (χ4v) is 35.8. The zero-order chi connectivity index (χ0) is 35.4. The Hall–Kier alpha value is -1.96. The van der Waals surface area contributed by atoms with Crippen LogP contribution in [-0.4, -0.2) is 5.92 Å². The molecule has 0 amide bonds. The van der Waals surface area contributed by atoms with Crippen LogP contribution in [0.4, 0.5) is 0 Å². The Morgan fingerprint density at radius 3 is 1.10 bits per heavy atom. The summed E-state index contributed by atoms with van der Waals surface area (Å²) in [5.41, 5.74) is 17.2. The smallest absolute Gasteiger partial charge is 1.00 e. The van der Waals surface area contributed by atoms with Crippen molar-refractivity contribution in [3.63, 3.8) is 0 Å². The van der Waals surface area contributed by atoms with Gasteiger partial charge in [0.25, 0.3) is 0 Å². The molecule has 271 valence electrons. The van der Waals surface area contributed by atoms with Crippen molar-refractivity contribution >= 4 is 22.9 Å². The van der Waals surface area contributed by atoms with Gasteiger partial charge in [-0.1, -0.05) is 0 Å². The molecule has 0 saturated heterocycles. The van der Waals surface area contributed by atoms with Gasteiger partial charge in [-0.15, -0.1) is 0 Å². The molecule has 0 heterocycles. The van der Waals surface area contributed by atoms with E-state index in [4.69, 9.17) is 0 Å². The zero-order valence-corrected chi connectivity index (χ0v) is 38.3. The first-order valence-electron chi connectivity index (χ1n) is 19.3. The van der Waals surface area contributed by atoms with E-state index in [0.29, 0.717) is 0 Å². The normalized spacial score (nSPS) is 20.0. The second-order valence-corrected chi connectivity index (χ2v) is 33.3. The first-order chi connectivity index (χ1) is 23.6. The molecular weight excluding hydrogens is 767 g/mol. The van der Waals surface area contributed by atoms with Crippen LogP contribution < -0.4 is 35.2 Å². The number of rotatable bonds is 5. The summed E-state index contributed by atoms with van der Waals surface area (Å²) in [6.07, 6.45) is 7.29. The summed E-state index contributed by atoms with van der Waals surface area (Å²) in [4.78, 5) is 0. The van der Waals surface area contributed by atoms with Gasteiger partial charge in [-0.3, -0.25) is 0 Å². The maximum Gasteiger partial charge on any atom is -1.00 e. The Labute approximate surface area is 336 Å². The van der Waals surface area contributed by atoms with Gasteiger partial charge in [0, 0.05) is 0 Å². The fraction of sp³-hybridized carbons (Fsp3) is 0.417. The molecule has 0 spiro atoms. The molecule has 0 radical (unpaired) electrons. The number of allylic oxidation sites excluding steroid dienone is 2. The Morgan fingerprint density at radius 1 is 0.462 bits per heavy atom. The third-order valence-corrected chi connectivity index (χ3v) is 34.9. The van der Waals surface area contributed by atoms with Crippen LogP contribution in [0.1, 0.15) is 139 Å². The summed E-state index contributed by atoms with van der Waals surface area (Å²) in [6, 6.07) is 34.6. The van der Waals surface area contributed by atoms with E-state index in [9.17, 15) is 0 Å². The van der Waals surface area contributed by atoms with E-state index >= 15 is 0 Å². The van der Waals surface area contributed by atoms with Crippen LogP contribution in [0, 0.1) is 0 Å². The molecule has 4 aromatic carbocycles. The molecule has 0 unspecified atom stereocenters. The first kappa shape index (κ1) is 39.7. The van der Waals surface area contributed by atoms with Crippen molar-refractivity contribution in [3.05, 3.63) is 141 Å². The maximum absolute atomic E-state index is 2.75. The van der Waals surface area contributed by atoms with Crippen molar-refractivity contribution in [1.82, 2.24) is 0 Å². The Kier molecular flexibility index (Phi) is 10.7. The number of benzene rings is 4. The molecule has 0 atom stereocenters. The van der Waals surface area contributed by atoms with Crippen LogP contribution >= 0.6 is 0 Å². The SMILES string of the molecule is CC1=[C]([Zr+2]([C]2=C(C)Cc3cc4c(cc32)C(C)(C)CCC4(C)C)[SiH](c2ccccc2)c2ccccc2)c2cc3c(cc2C1)C(C)(C)CCC3(C)C.[Cl-].[Cl-]. The third kappa shape index (κ3) is 6.48. The molecule has 52 heavy (non-hydrogen) atoms. The summed E-state index contributed by atoms with van der Waals surface area (Å²) in [5, 5.41) is 3.27. The maximum atomic E-state index is 2.75. The van der Waals surface area contributed by atoms with Gasteiger partial charge in [0.05, 0.1) is 0 Å². The largest absolute Gasteiger partial charge is 1.00 e. The van der Waals surface area contributed by atoms with E-state index in [1.54, 1.807) is 66.0 Å². The van der Waals surface area contributed by atoms with Crippen molar-refractivity contribution in [2.75, 3.05) is 0 Å². The summed E-state index contributed by atoms with van der Waals surface area (Å²) < 4.78 is 3.68. The van der Waals surface area contributed by atoms with Crippen LogP contribution in [0.3, 0.4) is 0 Å². The van der Waals surface area contributed by atoms with E-state index in [1.807, 2.05) is 6.56 Å². The second kappa shape index (κ2) is 14.0. The van der Waals surface area contributed by atoms with Crippen LogP contribution in [-0.2, 0) is 55.4 Å². The molecule has 4 aliphatic rings. The van der Waals surface area contributed by atoms with Crippen LogP contribution in [0.25, 0.3) is 6.56 Å². The quantitative estimate of drug-likeness (QED) is 0.254. The Bertz CT molecular complexity index is 1930. The number of halogens is 2. The van der Waals surface area contributed by atoms with Crippen molar-refractivity contribution in [1.29, 1.82) is 0 Å². The minimum Gasteiger partial charge on any atom is -1.00 e. The van der Waals surface area contributed by atoms with Crippen molar-refractivity contribution in [2.24, 2.45) is 0 Å². The second-order valence-electron chi connectivity index (χ2n) is 19.0. The van der Waals surface area contributed by atoms with Gasteiger partial charge < -0.3 is 24.8 Å². The monoisotopic (exact) mass is 821 g/mol. The van der Waals surface area contributed by atoms with Crippen molar-refractivity contribution < 1.29 is 45.7 Å². The van der Waals surface area contributed by atoms with E-state index in [0.717, 1.165) is 12.8 Å².